The number of hydrogen-bond acceptors (Lipinski definition) is 5. The number of allylic oxidation sites excluding steroid dienone is 1. The van der Waals surface area contributed by atoms with Crippen molar-refractivity contribution in [1.82, 2.24) is 20.9 Å². The number of amides is 2. The van der Waals surface area contributed by atoms with Gasteiger partial charge in [0, 0.05) is 17.2 Å². The minimum absolute atomic E-state index is 0.201. The summed E-state index contributed by atoms with van der Waals surface area (Å²) in [6, 6.07) is 23.7. The maximum absolute atomic E-state index is 13.1. The van der Waals surface area contributed by atoms with Crippen molar-refractivity contribution in [3.05, 3.63) is 118 Å². The average Bonchev–Trinajstić information content (AvgIpc) is 2.88. The van der Waals surface area contributed by atoms with Crippen molar-refractivity contribution in [3.63, 3.8) is 0 Å². The number of aromatic amines is 1. The highest BCUT2D eigenvalue weighted by atomic mass is 16.2. The van der Waals surface area contributed by atoms with Gasteiger partial charge in [-0.15, -0.1) is 0 Å². The molecule has 0 aliphatic heterocycles. The van der Waals surface area contributed by atoms with Crippen molar-refractivity contribution in [2.24, 2.45) is 5.10 Å². The molecule has 3 aromatic carbocycles. The molecule has 34 heavy (non-hydrogen) atoms. The fourth-order valence-corrected chi connectivity index (χ4v) is 3.34. The van der Waals surface area contributed by atoms with Crippen LogP contribution in [0.15, 0.2) is 101 Å². The lowest BCUT2D eigenvalue weighted by molar-refractivity contribution is -0.123. The Labute approximate surface area is 195 Å². The van der Waals surface area contributed by atoms with Crippen LogP contribution in [0, 0.1) is 0 Å². The molecule has 1 aromatic heterocycles. The first kappa shape index (κ1) is 22.3. The van der Waals surface area contributed by atoms with E-state index in [0.29, 0.717) is 16.3 Å². The summed E-state index contributed by atoms with van der Waals surface area (Å²) in [4.78, 5) is 38.1. The quantitative estimate of drug-likeness (QED) is 0.295. The summed E-state index contributed by atoms with van der Waals surface area (Å²) in [5.41, 5.74) is 3.61. The third-order valence-electron chi connectivity index (χ3n) is 5.00. The normalized spacial score (nSPS) is 12.1. The number of rotatable bonds is 7. The van der Waals surface area contributed by atoms with Crippen LogP contribution < -0.4 is 16.3 Å². The molecule has 0 aliphatic carbocycles. The predicted octanol–water partition coefficient (Wildman–Crippen LogP) is 3.21. The number of hydrogen-bond donors (Lipinski definition) is 3. The first-order valence-corrected chi connectivity index (χ1v) is 10.5. The molecule has 0 bridgehead atoms. The Kier molecular flexibility index (Phi) is 7.00. The van der Waals surface area contributed by atoms with Gasteiger partial charge in [-0.3, -0.25) is 14.4 Å². The van der Waals surface area contributed by atoms with Crippen LogP contribution >= 0.6 is 0 Å². The van der Waals surface area contributed by atoms with Crippen LogP contribution in [0.3, 0.4) is 0 Å². The molecule has 2 amide bonds. The lowest BCUT2D eigenvalue weighted by Crippen LogP contribution is -2.40. The Hall–Kier alpha value is -4.85. The van der Waals surface area contributed by atoms with E-state index in [9.17, 15) is 14.4 Å². The molecule has 3 N–H and O–H groups in total. The SMILES string of the molecule is O=C(N[C@@H](C(=O)N/N=C\C=C\c1ccccc1)c1n[nH]c(=O)c2ccccc12)c1ccccc1. The van der Waals surface area contributed by atoms with Crippen molar-refractivity contribution >= 4 is 34.9 Å². The van der Waals surface area contributed by atoms with Gasteiger partial charge in [0.15, 0.2) is 6.04 Å². The van der Waals surface area contributed by atoms with E-state index in [1.165, 1.54) is 6.21 Å². The molecule has 1 heterocycles. The number of nitrogens with one attached hydrogen (secondary N) is 3. The molecular weight excluding hydrogens is 430 g/mol. The van der Waals surface area contributed by atoms with Gasteiger partial charge in [-0.25, -0.2) is 10.5 Å². The largest absolute Gasteiger partial charge is 0.335 e. The molecule has 4 aromatic rings. The lowest BCUT2D eigenvalue weighted by atomic mass is 10.0. The van der Waals surface area contributed by atoms with Crippen LogP contribution in [0.4, 0.5) is 0 Å². The third kappa shape index (κ3) is 5.31. The summed E-state index contributed by atoms with van der Waals surface area (Å²) >= 11 is 0. The summed E-state index contributed by atoms with van der Waals surface area (Å²) in [6.07, 6.45) is 4.95. The molecule has 168 valence electrons. The maximum atomic E-state index is 13.1. The zero-order valence-electron chi connectivity index (χ0n) is 18.0. The number of H-pyrrole nitrogens is 1. The molecular formula is C26H21N5O3. The summed E-state index contributed by atoms with van der Waals surface area (Å²) in [5, 5.41) is 13.9. The van der Waals surface area contributed by atoms with E-state index in [2.05, 4.69) is 26.0 Å². The second kappa shape index (κ2) is 10.6. The number of carbonyl (C=O) groups excluding carboxylic acids is 2. The Morgan fingerprint density at radius 3 is 2.26 bits per heavy atom. The van der Waals surface area contributed by atoms with Crippen molar-refractivity contribution in [1.29, 1.82) is 0 Å². The smallest absolute Gasteiger partial charge is 0.272 e. The topological polar surface area (TPSA) is 116 Å². The summed E-state index contributed by atoms with van der Waals surface area (Å²) in [5.74, 6) is -1.08. The number of benzene rings is 3. The molecule has 1 atom stereocenters. The number of hydrazone groups is 1. The highest BCUT2D eigenvalue weighted by molar-refractivity contribution is 5.99. The second-order valence-corrected chi connectivity index (χ2v) is 7.28. The van der Waals surface area contributed by atoms with Crippen molar-refractivity contribution in [3.8, 4) is 0 Å². The number of aromatic nitrogens is 2. The Morgan fingerprint density at radius 1 is 0.882 bits per heavy atom. The van der Waals surface area contributed by atoms with E-state index >= 15 is 0 Å². The summed E-state index contributed by atoms with van der Waals surface area (Å²) < 4.78 is 0. The first-order chi connectivity index (χ1) is 16.6. The second-order valence-electron chi connectivity index (χ2n) is 7.28. The molecule has 0 spiro atoms. The molecule has 0 fully saturated rings. The Balaban J connectivity index is 1.60. The minimum atomic E-state index is -1.20. The average molecular weight is 451 g/mol. The Bertz CT molecular complexity index is 1410. The van der Waals surface area contributed by atoms with Crippen LogP contribution in [-0.4, -0.2) is 28.2 Å². The molecule has 8 nitrogen and oxygen atoms in total. The van der Waals surface area contributed by atoms with E-state index in [1.807, 2.05) is 36.4 Å². The number of carbonyl (C=O) groups is 2. The van der Waals surface area contributed by atoms with Crippen LogP contribution in [0.2, 0.25) is 0 Å². The fourth-order valence-electron chi connectivity index (χ4n) is 3.34. The van der Waals surface area contributed by atoms with E-state index in [-0.39, 0.29) is 5.69 Å². The number of nitrogens with zero attached hydrogens (tertiary/aromatic N) is 2. The van der Waals surface area contributed by atoms with E-state index in [0.717, 1.165) is 5.56 Å². The fraction of sp³-hybridized carbons (Fsp3) is 0.0385. The molecule has 0 radical (unpaired) electrons. The van der Waals surface area contributed by atoms with Crippen molar-refractivity contribution < 1.29 is 9.59 Å². The van der Waals surface area contributed by atoms with Gasteiger partial charge in [0.25, 0.3) is 17.4 Å². The van der Waals surface area contributed by atoms with Crippen LogP contribution in [0.5, 0.6) is 0 Å². The van der Waals surface area contributed by atoms with Gasteiger partial charge in [0.05, 0.1) is 5.39 Å². The number of fused-ring (bicyclic) bond motifs is 1. The van der Waals surface area contributed by atoms with Gasteiger partial charge in [-0.1, -0.05) is 72.8 Å². The monoisotopic (exact) mass is 451 g/mol. The van der Waals surface area contributed by atoms with Gasteiger partial charge in [0.2, 0.25) is 0 Å². The van der Waals surface area contributed by atoms with Crippen LogP contribution in [0.25, 0.3) is 16.8 Å². The Morgan fingerprint density at radius 2 is 1.53 bits per heavy atom. The standard InChI is InChI=1S/C26H21N5O3/c32-24(19-13-5-2-6-14-19)28-23(22-20-15-7-8-16-21(20)25(33)31-29-22)26(34)30-27-17-9-12-18-10-3-1-4-11-18/h1-17,23H,(H,28,32)(H,30,34)(H,31,33)/b12-9+,27-17-/t23-/m1/s1. The van der Waals surface area contributed by atoms with Gasteiger partial charge >= 0.3 is 0 Å². The first-order valence-electron chi connectivity index (χ1n) is 10.5. The maximum Gasteiger partial charge on any atom is 0.272 e. The van der Waals surface area contributed by atoms with Gasteiger partial charge in [-0.05, 0) is 29.8 Å². The van der Waals surface area contributed by atoms with E-state index < -0.39 is 23.4 Å². The summed E-state index contributed by atoms with van der Waals surface area (Å²) in [6.45, 7) is 0. The van der Waals surface area contributed by atoms with Crippen molar-refractivity contribution in [2.75, 3.05) is 0 Å². The van der Waals surface area contributed by atoms with Crippen LogP contribution in [-0.2, 0) is 4.79 Å². The van der Waals surface area contributed by atoms with Crippen molar-refractivity contribution in [2.45, 2.75) is 6.04 Å². The molecule has 0 saturated carbocycles. The van der Waals surface area contributed by atoms with E-state index in [1.54, 1.807) is 60.7 Å². The highest BCUT2D eigenvalue weighted by Crippen LogP contribution is 2.20. The van der Waals surface area contributed by atoms with E-state index in [4.69, 9.17) is 0 Å². The van der Waals surface area contributed by atoms with Crippen LogP contribution in [0.1, 0.15) is 27.7 Å². The molecule has 0 saturated heterocycles. The summed E-state index contributed by atoms with van der Waals surface area (Å²) in [7, 11) is 0. The predicted molar refractivity (Wildman–Crippen MR) is 131 cm³/mol. The highest BCUT2D eigenvalue weighted by Gasteiger charge is 2.27. The lowest BCUT2D eigenvalue weighted by Gasteiger charge is -2.18. The molecule has 0 aliphatic rings. The molecule has 4 rings (SSSR count). The third-order valence-corrected chi connectivity index (χ3v) is 5.00. The zero-order chi connectivity index (χ0) is 23.8. The van der Waals surface area contributed by atoms with Gasteiger partial charge < -0.3 is 5.32 Å². The zero-order valence-corrected chi connectivity index (χ0v) is 18.0. The minimum Gasteiger partial charge on any atom is -0.335 e. The molecule has 8 heteroatoms. The molecule has 0 unspecified atom stereocenters. The van der Waals surface area contributed by atoms with Gasteiger partial charge in [-0.2, -0.15) is 10.2 Å². The van der Waals surface area contributed by atoms with Gasteiger partial charge in [0.1, 0.15) is 5.69 Å².